The van der Waals surface area contributed by atoms with Crippen LogP contribution in [0.1, 0.15) is 21.5 Å². The van der Waals surface area contributed by atoms with Gasteiger partial charge in [0.25, 0.3) is 11.8 Å². The van der Waals surface area contributed by atoms with Gasteiger partial charge in [0.05, 0.1) is 21.3 Å². The average molecular weight is 370 g/mol. The topological polar surface area (TPSA) is 85.9 Å². The van der Waals surface area contributed by atoms with Gasteiger partial charge in [-0.1, -0.05) is 24.3 Å². The van der Waals surface area contributed by atoms with Crippen LogP contribution in [0.2, 0.25) is 0 Å². The van der Waals surface area contributed by atoms with Gasteiger partial charge in [0.15, 0.2) is 11.5 Å². The van der Waals surface area contributed by atoms with Crippen LogP contribution in [0.15, 0.2) is 42.5 Å². The Morgan fingerprint density at radius 2 is 1.56 bits per heavy atom. The van der Waals surface area contributed by atoms with Gasteiger partial charge in [-0.15, -0.1) is 0 Å². The number of methoxy groups -OCH3 is 3. The Kier molecular flexibility index (Phi) is 6.82. The van der Waals surface area contributed by atoms with Crippen LogP contribution < -0.4 is 25.1 Å². The largest absolute Gasteiger partial charge is 0.493 e. The minimum absolute atomic E-state index is 0.243. The molecule has 2 aromatic carbocycles. The molecule has 7 nitrogen and oxygen atoms in total. The third-order valence-corrected chi connectivity index (χ3v) is 3.83. The number of amides is 2. The number of benzene rings is 2. The second-order valence-corrected chi connectivity index (χ2v) is 5.55. The van der Waals surface area contributed by atoms with Crippen molar-refractivity contribution < 1.29 is 23.8 Å². The third kappa shape index (κ3) is 5.01. The van der Waals surface area contributed by atoms with E-state index in [9.17, 15) is 9.59 Å². The zero-order valence-corrected chi connectivity index (χ0v) is 15.7. The molecule has 0 fully saturated rings. The summed E-state index contributed by atoms with van der Waals surface area (Å²) in [4.78, 5) is 24.2. The first-order valence-electron chi connectivity index (χ1n) is 8.14. The summed E-state index contributed by atoms with van der Waals surface area (Å²) in [5.74, 6) is 0.0771. The van der Waals surface area contributed by atoms with Gasteiger partial charge in [-0.05, 0) is 36.3 Å². The van der Waals surface area contributed by atoms with Gasteiger partial charge in [0.2, 0.25) is 5.75 Å². The van der Waals surface area contributed by atoms with Gasteiger partial charge in [-0.3, -0.25) is 20.4 Å². The Bertz CT molecular complexity index is 836. The van der Waals surface area contributed by atoms with Crippen LogP contribution in [0.3, 0.4) is 0 Å². The van der Waals surface area contributed by atoms with E-state index in [2.05, 4.69) is 10.9 Å². The smallest absolute Gasteiger partial charge is 0.269 e. The lowest BCUT2D eigenvalue weighted by Gasteiger charge is -2.14. The Balaban J connectivity index is 2.05. The molecule has 2 N–H and O–H groups in total. The summed E-state index contributed by atoms with van der Waals surface area (Å²) in [6.07, 6.45) is 3.02. The zero-order valence-electron chi connectivity index (χ0n) is 15.7. The number of ether oxygens (including phenoxy) is 3. The highest BCUT2D eigenvalue weighted by Gasteiger charge is 2.17. The van der Waals surface area contributed by atoms with Crippen molar-refractivity contribution in [1.82, 2.24) is 10.9 Å². The Hall–Kier alpha value is -3.48. The van der Waals surface area contributed by atoms with E-state index in [4.69, 9.17) is 14.2 Å². The number of hydrogen-bond donors (Lipinski definition) is 2. The predicted octanol–water partition coefficient (Wildman–Crippen LogP) is 2.50. The van der Waals surface area contributed by atoms with E-state index >= 15 is 0 Å². The van der Waals surface area contributed by atoms with Crippen LogP contribution >= 0.6 is 0 Å². The van der Waals surface area contributed by atoms with Crippen LogP contribution in [-0.4, -0.2) is 33.1 Å². The summed E-state index contributed by atoms with van der Waals surface area (Å²) in [7, 11) is 4.38. The maximum absolute atomic E-state index is 12.3. The number of nitrogens with one attached hydrogen (secondary N) is 2. The summed E-state index contributed by atoms with van der Waals surface area (Å²) < 4.78 is 15.6. The molecule has 0 aromatic heterocycles. The van der Waals surface area contributed by atoms with E-state index in [0.717, 1.165) is 11.1 Å². The molecular formula is C20H22N2O5. The highest BCUT2D eigenvalue weighted by Crippen LogP contribution is 2.38. The zero-order chi connectivity index (χ0) is 19.8. The lowest BCUT2D eigenvalue weighted by atomic mass is 10.1. The Labute approximate surface area is 157 Å². The van der Waals surface area contributed by atoms with Crippen molar-refractivity contribution in [3.05, 3.63) is 59.2 Å². The molecule has 2 aromatic rings. The standard InChI is InChI=1S/C20H22N2O5/c1-13-7-5-6-8-14(13)9-10-18(23)21-22-20(24)15-11-16(25-2)19(27-4)17(12-15)26-3/h5-12H,1-4H3,(H,21,23)(H,22,24)/b10-9+. The number of aryl methyl sites for hydroxylation is 1. The van der Waals surface area contributed by atoms with E-state index < -0.39 is 11.8 Å². The van der Waals surface area contributed by atoms with E-state index in [1.807, 2.05) is 31.2 Å². The average Bonchev–Trinajstić information content (AvgIpc) is 2.70. The molecule has 0 unspecified atom stereocenters. The maximum Gasteiger partial charge on any atom is 0.269 e. The van der Waals surface area contributed by atoms with Crippen molar-refractivity contribution in [2.24, 2.45) is 0 Å². The third-order valence-electron chi connectivity index (χ3n) is 3.83. The molecule has 2 rings (SSSR count). The van der Waals surface area contributed by atoms with Gasteiger partial charge in [0.1, 0.15) is 0 Å². The van der Waals surface area contributed by atoms with Gasteiger partial charge >= 0.3 is 0 Å². The lowest BCUT2D eigenvalue weighted by Crippen LogP contribution is -2.40. The molecule has 0 saturated carbocycles. The maximum atomic E-state index is 12.3. The summed E-state index contributed by atoms with van der Waals surface area (Å²) in [5, 5.41) is 0. The van der Waals surface area contributed by atoms with Crippen molar-refractivity contribution in [3.63, 3.8) is 0 Å². The highest BCUT2D eigenvalue weighted by atomic mass is 16.5. The van der Waals surface area contributed by atoms with Crippen molar-refractivity contribution in [2.75, 3.05) is 21.3 Å². The SMILES string of the molecule is COc1cc(C(=O)NNC(=O)/C=C/c2ccccc2C)cc(OC)c1OC. The van der Waals surface area contributed by atoms with Gasteiger partial charge in [-0.2, -0.15) is 0 Å². The molecule has 0 bridgehead atoms. The van der Waals surface area contributed by atoms with E-state index in [0.29, 0.717) is 17.2 Å². The molecule has 2 amide bonds. The first-order valence-corrected chi connectivity index (χ1v) is 8.14. The molecule has 0 aliphatic rings. The number of carbonyl (C=O) groups is 2. The second kappa shape index (κ2) is 9.28. The molecule has 0 spiro atoms. The number of hydrogen-bond acceptors (Lipinski definition) is 5. The lowest BCUT2D eigenvalue weighted by molar-refractivity contribution is -0.117. The molecule has 0 heterocycles. The second-order valence-electron chi connectivity index (χ2n) is 5.55. The first kappa shape index (κ1) is 19.8. The summed E-state index contributed by atoms with van der Waals surface area (Å²) in [6.45, 7) is 1.95. The molecule has 0 radical (unpaired) electrons. The van der Waals surface area contributed by atoms with Crippen LogP contribution in [0, 0.1) is 6.92 Å². The van der Waals surface area contributed by atoms with E-state index in [1.165, 1.54) is 39.5 Å². The molecule has 27 heavy (non-hydrogen) atoms. The molecule has 0 aliphatic heterocycles. The molecule has 0 atom stereocenters. The van der Waals surface area contributed by atoms with Crippen molar-refractivity contribution >= 4 is 17.9 Å². The summed E-state index contributed by atoms with van der Waals surface area (Å²) in [6, 6.07) is 10.6. The van der Waals surface area contributed by atoms with Crippen LogP contribution in [0.25, 0.3) is 6.08 Å². The summed E-state index contributed by atoms with van der Waals surface area (Å²) >= 11 is 0. The van der Waals surface area contributed by atoms with Crippen LogP contribution in [0.5, 0.6) is 17.2 Å². The van der Waals surface area contributed by atoms with Crippen LogP contribution in [-0.2, 0) is 4.79 Å². The number of hydrazine groups is 1. The van der Waals surface area contributed by atoms with E-state index in [-0.39, 0.29) is 5.56 Å². The fraction of sp³-hybridized carbons (Fsp3) is 0.200. The first-order chi connectivity index (χ1) is 13.0. The van der Waals surface area contributed by atoms with E-state index in [1.54, 1.807) is 6.08 Å². The molecule has 142 valence electrons. The molecule has 0 saturated heterocycles. The minimum atomic E-state index is -0.521. The Morgan fingerprint density at radius 1 is 0.926 bits per heavy atom. The highest BCUT2D eigenvalue weighted by molar-refractivity contribution is 5.98. The van der Waals surface area contributed by atoms with Crippen molar-refractivity contribution in [2.45, 2.75) is 6.92 Å². The molecule has 7 heteroatoms. The molecular weight excluding hydrogens is 348 g/mol. The van der Waals surface area contributed by atoms with Crippen LogP contribution in [0.4, 0.5) is 0 Å². The predicted molar refractivity (Wildman–Crippen MR) is 102 cm³/mol. The van der Waals surface area contributed by atoms with Crippen molar-refractivity contribution in [3.8, 4) is 17.2 Å². The van der Waals surface area contributed by atoms with Crippen molar-refractivity contribution in [1.29, 1.82) is 0 Å². The van der Waals surface area contributed by atoms with Gasteiger partial charge in [0, 0.05) is 11.6 Å². The fourth-order valence-electron chi connectivity index (χ4n) is 2.38. The quantitative estimate of drug-likeness (QED) is 0.603. The Morgan fingerprint density at radius 3 is 2.11 bits per heavy atom. The van der Waals surface area contributed by atoms with Gasteiger partial charge < -0.3 is 14.2 Å². The molecule has 0 aliphatic carbocycles. The summed E-state index contributed by atoms with van der Waals surface area (Å²) in [5.41, 5.74) is 6.89. The number of rotatable bonds is 6. The monoisotopic (exact) mass is 370 g/mol. The fourth-order valence-corrected chi connectivity index (χ4v) is 2.38. The minimum Gasteiger partial charge on any atom is -0.493 e. The van der Waals surface area contributed by atoms with Gasteiger partial charge in [-0.25, -0.2) is 0 Å². The normalized spacial score (nSPS) is 10.4. The number of carbonyl (C=O) groups excluding carboxylic acids is 2.